The Morgan fingerprint density at radius 1 is 1.21 bits per heavy atom. The second-order valence-corrected chi connectivity index (χ2v) is 7.02. The fraction of sp³-hybridized carbons (Fsp3) is 0.579. The van der Waals surface area contributed by atoms with Gasteiger partial charge in [-0.25, -0.2) is 0 Å². The van der Waals surface area contributed by atoms with Crippen LogP contribution < -0.4 is 10.6 Å². The van der Waals surface area contributed by atoms with E-state index in [9.17, 15) is 14.7 Å². The van der Waals surface area contributed by atoms with E-state index in [0.29, 0.717) is 18.8 Å². The lowest BCUT2D eigenvalue weighted by molar-refractivity contribution is -0.132. The van der Waals surface area contributed by atoms with Gasteiger partial charge in [0.15, 0.2) is 6.10 Å². The number of amides is 2. The van der Waals surface area contributed by atoms with E-state index >= 15 is 0 Å². The Morgan fingerprint density at radius 2 is 1.88 bits per heavy atom. The number of aliphatic hydroxyl groups excluding tert-OH is 1. The monoisotopic (exact) mass is 332 g/mol. The molecule has 1 fully saturated rings. The lowest BCUT2D eigenvalue weighted by atomic mass is 10.00. The molecule has 1 saturated carbocycles. The van der Waals surface area contributed by atoms with E-state index in [1.54, 1.807) is 0 Å². The van der Waals surface area contributed by atoms with Crippen LogP contribution in [-0.2, 0) is 16.0 Å². The van der Waals surface area contributed by atoms with E-state index < -0.39 is 18.1 Å². The maximum Gasteiger partial charge on any atom is 0.251 e. The molecule has 0 bridgehead atoms. The lowest BCUT2D eigenvalue weighted by Crippen LogP contribution is -2.52. The molecule has 1 unspecified atom stereocenters. The maximum absolute atomic E-state index is 12.2. The molecule has 0 aliphatic heterocycles. The number of benzene rings is 1. The molecular weight excluding hydrogens is 304 g/mol. The summed E-state index contributed by atoms with van der Waals surface area (Å²) in [4.78, 5) is 24.3. The highest BCUT2D eigenvalue weighted by molar-refractivity contribution is 5.83. The van der Waals surface area contributed by atoms with Gasteiger partial charge in [0.2, 0.25) is 5.91 Å². The number of aliphatic hydroxyl groups is 1. The van der Waals surface area contributed by atoms with Gasteiger partial charge in [-0.1, -0.05) is 44.2 Å². The van der Waals surface area contributed by atoms with Crippen LogP contribution in [-0.4, -0.2) is 35.1 Å². The normalized spacial score (nSPS) is 16.5. The molecule has 2 atom stereocenters. The molecule has 2 rings (SSSR count). The van der Waals surface area contributed by atoms with Gasteiger partial charge in [0.05, 0.1) is 6.04 Å². The fourth-order valence-electron chi connectivity index (χ4n) is 2.51. The van der Waals surface area contributed by atoms with Gasteiger partial charge in [0, 0.05) is 12.5 Å². The van der Waals surface area contributed by atoms with Gasteiger partial charge >= 0.3 is 0 Å². The average molecular weight is 332 g/mol. The number of hydrogen-bond donors (Lipinski definition) is 3. The molecule has 1 aliphatic rings. The summed E-state index contributed by atoms with van der Waals surface area (Å²) in [6.07, 6.45) is 2.29. The summed E-state index contributed by atoms with van der Waals surface area (Å²) in [7, 11) is 0. The number of carbonyl (C=O) groups is 2. The van der Waals surface area contributed by atoms with E-state index in [1.165, 1.54) is 0 Å². The minimum Gasteiger partial charge on any atom is -0.381 e. The van der Waals surface area contributed by atoms with Crippen molar-refractivity contribution >= 4 is 11.8 Å². The summed E-state index contributed by atoms with van der Waals surface area (Å²) in [6.45, 7) is 4.12. The van der Waals surface area contributed by atoms with Crippen LogP contribution in [0.4, 0.5) is 0 Å². The summed E-state index contributed by atoms with van der Waals surface area (Å²) in [6, 6.07) is 9.15. The van der Waals surface area contributed by atoms with Crippen LogP contribution >= 0.6 is 0 Å². The van der Waals surface area contributed by atoms with Crippen LogP contribution in [0.5, 0.6) is 0 Å². The predicted octanol–water partition coefficient (Wildman–Crippen LogP) is 1.79. The number of rotatable bonds is 9. The third-order valence-electron chi connectivity index (χ3n) is 4.17. The zero-order chi connectivity index (χ0) is 17.5. The average Bonchev–Trinajstić information content (AvgIpc) is 3.36. The van der Waals surface area contributed by atoms with Gasteiger partial charge in [0.25, 0.3) is 5.91 Å². The van der Waals surface area contributed by atoms with Crippen molar-refractivity contribution < 1.29 is 14.7 Å². The summed E-state index contributed by atoms with van der Waals surface area (Å²) in [5.74, 6) is -0.0862. The molecule has 2 amide bonds. The summed E-state index contributed by atoms with van der Waals surface area (Å²) < 4.78 is 0. The number of nitrogens with one attached hydrogen (secondary N) is 2. The second kappa shape index (κ2) is 8.83. The summed E-state index contributed by atoms with van der Waals surface area (Å²) in [5, 5.41) is 16.1. The quantitative estimate of drug-likeness (QED) is 0.645. The molecular formula is C19H28N2O3. The van der Waals surface area contributed by atoms with Crippen molar-refractivity contribution in [3.05, 3.63) is 35.9 Å². The van der Waals surface area contributed by atoms with Crippen molar-refractivity contribution in [3.8, 4) is 0 Å². The van der Waals surface area contributed by atoms with Crippen LogP contribution in [0.1, 0.15) is 45.1 Å². The van der Waals surface area contributed by atoms with Gasteiger partial charge in [-0.05, 0) is 37.2 Å². The molecule has 1 aliphatic carbocycles. The standard InChI is InChI=1S/C19H28N2O3/c1-13(2)8-11-17(22)21-16(12-14-6-4-3-5-7-14)18(23)19(24)20-15-9-10-15/h3-7,13,15-16,18,23H,8-12H2,1-2H3,(H,20,24)(H,21,22)/t16-,18?/m0/s1. The molecule has 5 nitrogen and oxygen atoms in total. The van der Waals surface area contributed by atoms with Crippen molar-refractivity contribution in [3.63, 3.8) is 0 Å². The Balaban J connectivity index is 1.99. The first-order valence-corrected chi connectivity index (χ1v) is 8.77. The zero-order valence-electron chi connectivity index (χ0n) is 14.5. The molecule has 0 saturated heterocycles. The SMILES string of the molecule is CC(C)CCC(=O)N[C@@H](Cc1ccccc1)C(O)C(=O)NC1CC1. The third kappa shape index (κ3) is 6.32. The van der Waals surface area contributed by atoms with Gasteiger partial charge in [0.1, 0.15) is 0 Å². The summed E-state index contributed by atoms with van der Waals surface area (Å²) in [5.41, 5.74) is 0.977. The van der Waals surface area contributed by atoms with Gasteiger partial charge in [-0.3, -0.25) is 9.59 Å². The van der Waals surface area contributed by atoms with Gasteiger partial charge < -0.3 is 15.7 Å². The van der Waals surface area contributed by atoms with Crippen LogP contribution in [0.3, 0.4) is 0 Å². The first-order chi connectivity index (χ1) is 11.5. The molecule has 0 radical (unpaired) electrons. The lowest BCUT2D eigenvalue weighted by Gasteiger charge is -2.24. The fourth-order valence-corrected chi connectivity index (χ4v) is 2.51. The van der Waals surface area contributed by atoms with Crippen molar-refractivity contribution in [2.45, 2.75) is 64.1 Å². The topological polar surface area (TPSA) is 78.4 Å². The largest absolute Gasteiger partial charge is 0.381 e. The predicted molar refractivity (Wildman–Crippen MR) is 93.3 cm³/mol. The van der Waals surface area contributed by atoms with Crippen LogP contribution in [0.2, 0.25) is 0 Å². The maximum atomic E-state index is 12.2. The highest BCUT2D eigenvalue weighted by Crippen LogP contribution is 2.19. The molecule has 1 aromatic rings. The second-order valence-electron chi connectivity index (χ2n) is 7.02. The van der Waals surface area contributed by atoms with Crippen molar-refractivity contribution in [2.24, 2.45) is 5.92 Å². The van der Waals surface area contributed by atoms with E-state index in [2.05, 4.69) is 24.5 Å². The van der Waals surface area contributed by atoms with E-state index in [0.717, 1.165) is 24.8 Å². The smallest absolute Gasteiger partial charge is 0.251 e. The summed E-state index contributed by atoms with van der Waals surface area (Å²) >= 11 is 0. The molecule has 0 spiro atoms. The molecule has 24 heavy (non-hydrogen) atoms. The van der Waals surface area contributed by atoms with E-state index in [4.69, 9.17) is 0 Å². The highest BCUT2D eigenvalue weighted by Gasteiger charge is 2.31. The Labute approximate surface area is 143 Å². The van der Waals surface area contributed by atoms with Gasteiger partial charge in [-0.15, -0.1) is 0 Å². The van der Waals surface area contributed by atoms with Crippen molar-refractivity contribution in [2.75, 3.05) is 0 Å². The Kier molecular flexibility index (Phi) is 6.79. The Bertz CT molecular complexity index is 541. The van der Waals surface area contributed by atoms with Crippen LogP contribution in [0, 0.1) is 5.92 Å². The molecule has 132 valence electrons. The van der Waals surface area contributed by atoms with E-state index in [-0.39, 0.29) is 11.9 Å². The molecule has 0 heterocycles. The Morgan fingerprint density at radius 3 is 2.46 bits per heavy atom. The molecule has 3 N–H and O–H groups in total. The van der Waals surface area contributed by atoms with Crippen LogP contribution in [0.15, 0.2) is 30.3 Å². The van der Waals surface area contributed by atoms with Crippen molar-refractivity contribution in [1.82, 2.24) is 10.6 Å². The zero-order valence-corrected chi connectivity index (χ0v) is 14.5. The highest BCUT2D eigenvalue weighted by atomic mass is 16.3. The minimum absolute atomic E-state index is 0.122. The molecule has 0 aromatic heterocycles. The minimum atomic E-state index is -1.24. The number of carbonyl (C=O) groups excluding carboxylic acids is 2. The van der Waals surface area contributed by atoms with Gasteiger partial charge in [-0.2, -0.15) is 0 Å². The Hall–Kier alpha value is -1.88. The first-order valence-electron chi connectivity index (χ1n) is 8.77. The first kappa shape index (κ1) is 18.5. The van der Waals surface area contributed by atoms with Crippen molar-refractivity contribution in [1.29, 1.82) is 0 Å². The number of hydrogen-bond acceptors (Lipinski definition) is 3. The van der Waals surface area contributed by atoms with E-state index in [1.807, 2.05) is 30.3 Å². The third-order valence-corrected chi connectivity index (χ3v) is 4.17. The van der Waals surface area contributed by atoms with Crippen LogP contribution in [0.25, 0.3) is 0 Å². The molecule has 5 heteroatoms. The molecule has 1 aromatic carbocycles.